The summed E-state index contributed by atoms with van der Waals surface area (Å²) < 4.78 is 5.60. The molecule has 0 atom stereocenters. The standard InChI is InChI=1S/C17H22N2O3S/c1-11-12(2)23-16(19-11)17(3,4)18-9-10-22-14-8-6-5-7-13(14)15(20)21/h5-8,18H,9-10H2,1-4H3,(H,20,21). The zero-order valence-corrected chi connectivity index (χ0v) is 14.7. The molecule has 124 valence electrons. The molecule has 0 saturated carbocycles. The lowest BCUT2D eigenvalue weighted by Gasteiger charge is -2.24. The molecule has 1 aromatic heterocycles. The van der Waals surface area contributed by atoms with Gasteiger partial charge < -0.3 is 15.2 Å². The van der Waals surface area contributed by atoms with Gasteiger partial charge in [0.25, 0.3) is 0 Å². The van der Waals surface area contributed by atoms with Gasteiger partial charge in [-0.1, -0.05) is 12.1 Å². The van der Waals surface area contributed by atoms with E-state index in [-0.39, 0.29) is 11.1 Å². The van der Waals surface area contributed by atoms with Gasteiger partial charge in [-0.15, -0.1) is 11.3 Å². The van der Waals surface area contributed by atoms with E-state index in [9.17, 15) is 4.79 Å². The molecule has 1 aromatic carbocycles. The van der Waals surface area contributed by atoms with Gasteiger partial charge in [0, 0.05) is 11.4 Å². The summed E-state index contributed by atoms with van der Waals surface area (Å²) in [7, 11) is 0. The number of aromatic carboxylic acids is 1. The van der Waals surface area contributed by atoms with Crippen LogP contribution in [0, 0.1) is 13.8 Å². The molecular weight excluding hydrogens is 312 g/mol. The molecule has 23 heavy (non-hydrogen) atoms. The number of hydrogen-bond acceptors (Lipinski definition) is 5. The lowest BCUT2D eigenvalue weighted by molar-refractivity contribution is 0.0692. The van der Waals surface area contributed by atoms with Crippen LogP contribution in [0.4, 0.5) is 0 Å². The van der Waals surface area contributed by atoms with E-state index in [0.29, 0.717) is 18.9 Å². The minimum absolute atomic E-state index is 0.179. The summed E-state index contributed by atoms with van der Waals surface area (Å²) in [5.41, 5.74) is 0.990. The molecule has 0 fully saturated rings. The van der Waals surface area contributed by atoms with Crippen LogP contribution in [-0.4, -0.2) is 29.2 Å². The van der Waals surface area contributed by atoms with Gasteiger partial charge in [-0.3, -0.25) is 0 Å². The van der Waals surface area contributed by atoms with Crippen LogP contribution in [-0.2, 0) is 5.54 Å². The van der Waals surface area contributed by atoms with Crippen molar-refractivity contribution in [2.24, 2.45) is 0 Å². The Morgan fingerprint density at radius 1 is 1.35 bits per heavy atom. The van der Waals surface area contributed by atoms with Gasteiger partial charge in [-0.05, 0) is 39.8 Å². The number of benzene rings is 1. The SMILES string of the molecule is Cc1nc(C(C)(C)NCCOc2ccccc2C(=O)O)sc1C. The maximum atomic E-state index is 11.1. The average molecular weight is 334 g/mol. The Balaban J connectivity index is 1.91. The van der Waals surface area contributed by atoms with E-state index in [0.717, 1.165) is 10.7 Å². The molecule has 0 unspecified atom stereocenters. The zero-order valence-electron chi connectivity index (χ0n) is 13.8. The second kappa shape index (κ2) is 7.10. The highest BCUT2D eigenvalue weighted by atomic mass is 32.1. The fourth-order valence-electron chi connectivity index (χ4n) is 2.11. The van der Waals surface area contributed by atoms with Gasteiger partial charge in [0.1, 0.15) is 22.9 Å². The molecule has 0 aliphatic rings. The van der Waals surface area contributed by atoms with Crippen molar-refractivity contribution in [2.45, 2.75) is 33.2 Å². The van der Waals surface area contributed by atoms with E-state index in [2.05, 4.69) is 31.1 Å². The minimum Gasteiger partial charge on any atom is -0.491 e. The molecule has 2 aromatic rings. The number of para-hydroxylation sites is 1. The van der Waals surface area contributed by atoms with Gasteiger partial charge >= 0.3 is 5.97 Å². The summed E-state index contributed by atoms with van der Waals surface area (Å²) in [6, 6.07) is 6.66. The van der Waals surface area contributed by atoms with Crippen molar-refractivity contribution in [3.8, 4) is 5.75 Å². The molecule has 0 spiro atoms. The first-order valence-electron chi connectivity index (χ1n) is 7.46. The van der Waals surface area contributed by atoms with Crippen LogP contribution < -0.4 is 10.1 Å². The highest BCUT2D eigenvalue weighted by molar-refractivity contribution is 7.11. The monoisotopic (exact) mass is 334 g/mol. The van der Waals surface area contributed by atoms with E-state index < -0.39 is 5.97 Å². The number of aryl methyl sites for hydroxylation is 2. The quantitative estimate of drug-likeness (QED) is 0.760. The van der Waals surface area contributed by atoms with Crippen LogP contribution in [0.15, 0.2) is 24.3 Å². The van der Waals surface area contributed by atoms with Crippen molar-refractivity contribution >= 4 is 17.3 Å². The highest BCUT2D eigenvalue weighted by Crippen LogP contribution is 2.27. The van der Waals surface area contributed by atoms with Gasteiger partial charge in [-0.25, -0.2) is 9.78 Å². The predicted octanol–water partition coefficient (Wildman–Crippen LogP) is 3.36. The molecule has 6 heteroatoms. The Morgan fingerprint density at radius 2 is 2.04 bits per heavy atom. The van der Waals surface area contributed by atoms with Crippen molar-refractivity contribution < 1.29 is 14.6 Å². The van der Waals surface area contributed by atoms with Gasteiger partial charge in [-0.2, -0.15) is 0 Å². The summed E-state index contributed by atoms with van der Waals surface area (Å²) in [5, 5.41) is 13.6. The third-order valence-corrected chi connectivity index (χ3v) is 5.00. The summed E-state index contributed by atoms with van der Waals surface area (Å²) in [6.45, 7) is 9.22. The Morgan fingerprint density at radius 3 is 2.65 bits per heavy atom. The smallest absolute Gasteiger partial charge is 0.339 e. The van der Waals surface area contributed by atoms with Gasteiger partial charge in [0.15, 0.2) is 0 Å². The molecule has 5 nitrogen and oxygen atoms in total. The van der Waals surface area contributed by atoms with Crippen molar-refractivity contribution in [2.75, 3.05) is 13.2 Å². The summed E-state index contributed by atoms with van der Waals surface area (Å²) in [6.07, 6.45) is 0. The van der Waals surface area contributed by atoms with Crippen LogP contribution in [0.1, 0.15) is 39.8 Å². The number of carboxylic acid groups (broad SMARTS) is 1. The molecule has 0 bridgehead atoms. The van der Waals surface area contributed by atoms with Crippen molar-refractivity contribution in [1.82, 2.24) is 10.3 Å². The average Bonchev–Trinajstić information content (AvgIpc) is 2.84. The van der Waals surface area contributed by atoms with Crippen molar-refractivity contribution in [1.29, 1.82) is 0 Å². The molecular formula is C17H22N2O3S. The molecule has 2 N–H and O–H groups in total. The third kappa shape index (κ3) is 4.30. The summed E-state index contributed by atoms with van der Waals surface area (Å²) in [5.74, 6) is -0.594. The largest absolute Gasteiger partial charge is 0.491 e. The number of carbonyl (C=O) groups is 1. The van der Waals surface area contributed by atoms with Crippen molar-refractivity contribution in [3.63, 3.8) is 0 Å². The van der Waals surface area contributed by atoms with Gasteiger partial charge in [0.2, 0.25) is 0 Å². The fourth-order valence-corrected chi connectivity index (χ4v) is 3.10. The normalized spacial score (nSPS) is 11.5. The van der Waals surface area contributed by atoms with E-state index in [1.54, 1.807) is 29.5 Å². The number of nitrogens with one attached hydrogen (secondary N) is 1. The number of aromatic nitrogens is 1. The van der Waals surface area contributed by atoms with E-state index >= 15 is 0 Å². The second-order valence-electron chi connectivity index (χ2n) is 5.86. The number of thiazole rings is 1. The number of ether oxygens (including phenoxy) is 1. The van der Waals surface area contributed by atoms with Crippen LogP contribution in [0.3, 0.4) is 0 Å². The summed E-state index contributed by atoms with van der Waals surface area (Å²) >= 11 is 1.69. The molecule has 0 amide bonds. The topological polar surface area (TPSA) is 71.5 Å². The first-order chi connectivity index (χ1) is 10.8. The Kier molecular flexibility index (Phi) is 5.38. The fraction of sp³-hybridized carbons (Fsp3) is 0.412. The maximum Gasteiger partial charge on any atom is 0.339 e. The van der Waals surface area contributed by atoms with Crippen LogP contribution >= 0.6 is 11.3 Å². The molecule has 0 radical (unpaired) electrons. The summed E-state index contributed by atoms with van der Waals surface area (Å²) in [4.78, 5) is 16.9. The molecule has 0 saturated heterocycles. The van der Waals surface area contributed by atoms with E-state index in [1.807, 2.05) is 6.92 Å². The molecule has 0 aliphatic heterocycles. The molecule has 2 rings (SSSR count). The minimum atomic E-state index is -0.984. The van der Waals surface area contributed by atoms with Crippen LogP contribution in [0.25, 0.3) is 0 Å². The lowest BCUT2D eigenvalue weighted by Crippen LogP contribution is -2.39. The van der Waals surface area contributed by atoms with E-state index in [1.165, 1.54) is 10.9 Å². The molecule has 1 heterocycles. The van der Waals surface area contributed by atoms with E-state index in [4.69, 9.17) is 9.84 Å². The maximum absolute atomic E-state index is 11.1. The number of carboxylic acids is 1. The first-order valence-corrected chi connectivity index (χ1v) is 8.27. The Hall–Kier alpha value is -1.92. The lowest BCUT2D eigenvalue weighted by atomic mass is 10.1. The predicted molar refractivity (Wildman–Crippen MR) is 91.5 cm³/mol. The number of hydrogen-bond donors (Lipinski definition) is 2. The molecule has 0 aliphatic carbocycles. The number of nitrogens with zero attached hydrogens (tertiary/aromatic N) is 1. The highest BCUT2D eigenvalue weighted by Gasteiger charge is 2.24. The number of rotatable bonds is 7. The van der Waals surface area contributed by atoms with Crippen molar-refractivity contribution in [3.05, 3.63) is 45.4 Å². The van der Waals surface area contributed by atoms with Crippen LogP contribution in [0.2, 0.25) is 0 Å². The Labute approximate surface area is 140 Å². The van der Waals surface area contributed by atoms with Gasteiger partial charge in [0.05, 0.1) is 11.2 Å². The second-order valence-corrected chi connectivity index (χ2v) is 7.07. The zero-order chi connectivity index (χ0) is 17.0. The third-order valence-electron chi connectivity index (χ3n) is 3.61. The van der Waals surface area contributed by atoms with Crippen LogP contribution in [0.5, 0.6) is 5.75 Å². The first kappa shape index (κ1) is 17.4. The Bertz CT molecular complexity index is 675.